The first-order valence-electron chi connectivity index (χ1n) is 30.1. The second-order valence-electron chi connectivity index (χ2n) is 25.4. The summed E-state index contributed by atoms with van der Waals surface area (Å²) < 4.78 is 2.60. The molecule has 0 bridgehead atoms. The predicted octanol–water partition coefficient (Wildman–Crippen LogP) is 22.5. The quantitative estimate of drug-likeness (QED) is 0.157. The Morgan fingerprint density at radius 2 is 0.729 bits per heavy atom. The summed E-state index contributed by atoms with van der Waals surface area (Å²) in [7, 11) is 0. The molecule has 0 N–H and O–H groups in total. The molecule has 4 aliphatic rings. The molecule has 4 aliphatic carbocycles. The van der Waals surface area contributed by atoms with Crippen molar-refractivity contribution < 1.29 is 0 Å². The van der Waals surface area contributed by atoms with Crippen LogP contribution in [0.25, 0.3) is 75.8 Å². The van der Waals surface area contributed by atoms with Gasteiger partial charge in [0, 0.05) is 65.0 Å². The minimum absolute atomic E-state index is 0.147. The third kappa shape index (κ3) is 6.99. The number of nitrogens with zero attached hydrogens (tertiary/aromatic N) is 2. The maximum Gasteiger partial charge on any atom is 0.0726 e. The molecular weight excluding hydrogens is 1040 g/mol. The first-order chi connectivity index (χ1) is 41.4. The Labute approximate surface area is 502 Å². The molecule has 12 aromatic carbocycles. The number of thiophene rings is 1. The van der Waals surface area contributed by atoms with Crippen LogP contribution in [0.5, 0.6) is 0 Å². The highest BCUT2D eigenvalue weighted by Crippen LogP contribution is 2.65. The van der Waals surface area contributed by atoms with Gasteiger partial charge in [-0.1, -0.05) is 209 Å². The van der Waals surface area contributed by atoms with Crippen LogP contribution < -0.4 is 9.80 Å². The van der Waals surface area contributed by atoms with Crippen LogP contribution in [0.1, 0.15) is 88.9 Å². The molecule has 2 nitrogen and oxygen atoms in total. The molecule has 0 saturated carbocycles. The van der Waals surface area contributed by atoms with Gasteiger partial charge in [0.05, 0.1) is 11.1 Å². The average molecular weight is 1110 g/mol. The second kappa shape index (κ2) is 18.0. The highest BCUT2D eigenvalue weighted by Gasteiger charge is 2.52. The Morgan fingerprint density at radius 3 is 1.33 bits per heavy atom. The van der Waals surface area contributed by atoms with Crippen LogP contribution in [-0.2, 0) is 16.2 Å². The zero-order valence-corrected chi connectivity index (χ0v) is 49.8. The largest absolute Gasteiger partial charge is 0.310 e. The van der Waals surface area contributed by atoms with E-state index in [1.807, 2.05) is 11.3 Å². The number of hydrogen-bond donors (Lipinski definition) is 0. The fourth-order valence-corrected chi connectivity index (χ4v) is 17.0. The zero-order chi connectivity index (χ0) is 57.3. The van der Waals surface area contributed by atoms with Crippen LogP contribution >= 0.6 is 11.3 Å². The maximum atomic E-state index is 2.53. The van der Waals surface area contributed by atoms with E-state index in [2.05, 4.69) is 307 Å². The van der Waals surface area contributed by atoms with E-state index in [9.17, 15) is 0 Å². The first-order valence-corrected chi connectivity index (χ1v) is 30.9. The second-order valence-corrected chi connectivity index (χ2v) is 26.5. The predicted molar refractivity (Wildman–Crippen MR) is 360 cm³/mol. The molecule has 0 unspecified atom stereocenters. The molecule has 0 saturated heterocycles. The van der Waals surface area contributed by atoms with Gasteiger partial charge in [0.15, 0.2) is 0 Å². The normalized spacial score (nSPS) is 14.6. The number of benzene rings is 12. The lowest BCUT2D eigenvalue weighted by Crippen LogP contribution is -2.26. The summed E-state index contributed by atoms with van der Waals surface area (Å²) in [6.45, 7) is 16.3. The van der Waals surface area contributed by atoms with Crippen LogP contribution in [0.2, 0.25) is 0 Å². The molecular formula is C82H62N2S. The van der Waals surface area contributed by atoms with Gasteiger partial charge in [0.1, 0.15) is 0 Å². The third-order valence-corrected chi connectivity index (χ3v) is 21.1. The lowest BCUT2D eigenvalue weighted by molar-refractivity contribution is 0.659. The topological polar surface area (TPSA) is 6.48 Å². The van der Waals surface area contributed by atoms with Gasteiger partial charge in [-0.15, -0.1) is 11.3 Å². The molecule has 1 spiro atoms. The molecule has 1 heterocycles. The van der Waals surface area contributed by atoms with Gasteiger partial charge >= 0.3 is 0 Å². The Morgan fingerprint density at radius 1 is 0.294 bits per heavy atom. The molecule has 0 amide bonds. The van der Waals surface area contributed by atoms with Crippen LogP contribution in [0.3, 0.4) is 0 Å². The molecule has 0 aliphatic heterocycles. The number of fused-ring (bicyclic) bond motifs is 19. The summed E-state index contributed by atoms with van der Waals surface area (Å²) in [4.78, 5) is 5.03. The van der Waals surface area contributed by atoms with Gasteiger partial charge in [-0.3, -0.25) is 0 Å². The minimum atomic E-state index is -0.457. The molecule has 85 heavy (non-hydrogen) atoms. The zero-order valence-electron chi connectivity index (χ0n) is 49.0. The van der Waals surface area contributed by atoms with E-state index in [0.717, 1.165) is 28.4 Å². The Balaban J connectivity index is 0.803. The number of aryl methyl sites for hydroxylation is 3. The van der Waals surface area contributed by atoms with Crippen LogP contribution in [0.4, 0.5) is 34.1 Å². The summed E-state index contributed by atoms with van der Waals surface area (Å²) in [6, 6.07) is 95.2. The molecule has 0 fully saturated rings. The SMILES string of the molecule is Cc1ccc2c(c1)C(C)(C)c1cc(N(c3ccc(-c4ccc(N(c5ccc6sc7ccccc7c6c5)c5cccc6c5-c5ccccc5C65c6ccccc6-c6ccccc65)cc4)c(C)c3)c3ccc4c(c3)C(C)(C)c3cc(C)ccc3-4)ccc1-2. The summed E-state index contributed by atoms with van der Waals surface area (Å²) >= 11 is 1.87. The van der Waals surface area contributed by atoms with E-state index >= 15 is 0 Å². The Kier molecular flexibility index (Phi) is 10.6. The van der Waals surface area contributed by atoms with E-state index in [4.69, 9.17) is 0 Å². The van der Waals surface area contributed by atoms with E-state index in [1.54, 1.807) is 0 Å². The third-order valence-electron chi connectivity index (χ3n) is 19.9. The van der Waals surface area contributed by atoms with Crippen molar-refractivity contribution >= 4 is 65.6 Å². The van der Waals surface area contributed by atoms with Gasteiger partial charge in [-0.05, 0) is 200 Å². The fraction of sp³-hybridized carbons (Fsp3) is 0.122. The van der Waals surface area contributed by atoms with Crippen molar-refractivity contribution in [2.24, 2.45) is 0 Å². The van der Waals surface area contributed by atoms with Gasteiger partial charge in [-0.2, -0.15) is 0 Å². The van der Waals surface area contributed by atoms with Gasteiger partial charge < -0.3 is 9.80 Å². The number of rotatable bonds is 7. The van der Waals surface area contributed by atoms with Crippen molar-refractivity contribution in [2.75, 3.05) is 9.80 Å². The van der Waals surface area contributed by atoms with Crippen molar-refractivity contribution in [2.45, 2.75) is 64.7 Å². The average Bonchev–Trinajstić information content (AvgIpc) is 1.52. The maximum absolute atomic E-state index is 2.53. The summed E-state index contributed by atoms with van der Waals surface area (Å²) in [6.07, 6.45) is 0. The molecule has 13 aromatic rings. The van der Waals surface area contributed by atoms with E-state index in [-0.39, 0.29) is 10.8 Å². The van der Waals surface area contributed by atoms with Crippen LogP contribution in [-0.4, -0.2) is 0 Å². The van der Waals surface area contributed by atoms with Crippen molar-refractivity contribution in [3.8, 4) is 55.6 Å². The van der Waals surface area contributed by atoms with E-state index in [1.165, 1.54) is 143 Å². The van der Waals surface area contributed by atoms with Crippen molar-refractivity contribution in [3.05, 3.63) is 310 Å². The van der Waals surface area contributed by atoms with Crippen LogP contribution in [0.15, 0.2) is 249 Å². The van der Waals surface area contributed by atoms with Crippen LogP contribution in [0, 0.1) is 20.8 Å². The minimum Gasteiger partial charge on any atom is -0.310 e. The smallest absolute Gasteiger partial charge is 0.0726 e. The van der Waals surface area contributed by atoms with Gasteiger partial charge in [-0.25, -0.2) is 0 Å². The molecule has 1 aromatic heterocycles. The van der Waals surface area contributed by atoms with E-state index < -0.39 is 5.41 Å². The molecule has 17 rings (SSSR count). The van der Waals surface area contributed by atoms with E-state index in [0.29, 0.717) is 0 Å². The Hall–Kier alpha value is -9.54. The lowest BCUT2D eigenvalue weighted by Gasteiger charge is -2.32. The molecule has 3 heteroatoms. The highest BCUT2D eigenvalue weighted by atomic mass is 32.1. The summed E-state index contributed by atoms with van der Waals surface area (Å²) in [5, 5.41) is 2.57. The number of anilines is 6. The summed E-state index contributed by atoms with van der Waals surface area (Å²) in [5.41, 5.74) is 33.7. The summed E-state index contributed by atoms with van der Waals surface area (Å²) in [5.74, 6) is 0. The van der Waals surface area contributed by atoms with Gasteiger partial charge in [0.25, 0.3) is 0 Å². The fourth-order valence-electron chi connectivity index (χ4n) is 15.9. The monoisotopic (exact) mass is 1110 g/mol. The first kappa shape index (κ1) is 50.0. The molecule has 0 radical (unpaired) electrons. The molecule has 406 valence electrons. The highest BCUT2D eigenvalue weighted by molar-refractivity contribution is 7.25. The Bertz CT molecular complexity index is 4850. The molecule has 0 atom stereocenters. The van der Waals surface area contributed by atoms with Crippen molar-refractivity contribution in [1.82, 2.24) is 0 Å². The van der Waals surface area contributed by atoms with Crippen molar-refractivity contribution in [3.63, 3.8) is 0 Å². The number of hydrogen-bond acceptors (Lipinski definition) is 3. The van der Waals surface area contributed by atoms with Crippen molar-refractivity contribution in [1.29, 1.82) is 0 Å². The lowest BCUT2D eigenvalue weighted by atomic mass is 9.70. The standard InChI is InChI=1S/C82H62N2S/c1-49-27-37-61-63-40-34-56(47-74(63)80(4,5)72(61)43-49)83(57-35-41-64-62-38-28-50(2)44-73(62)81(6,7)75(64)48-57)54-33-39-58(51(3)45-54)52-29-31-53(32-30-52)84(55-36-42-78-67(46-55)65-19-11-15-26-77(65)85-78)76-25-16-24-71-79(76)66-20-10-14-23-70(66)82(71)68-21-12-8-17-59(68)60-18-9-13-22-69(60)82/h8-48H,1-7H3. The van der Waals surface area contributed by atoms with Gasteiger partial charge in [0.2, 0.25) is 0 Å².